The van der Waals surface area contributed by atoms with E-state index in [1.165, 1.54) is 5.56 Å². The van der Waals surface area contributed by atoms with Gasteiger partial charge in [0.1, 0.15) is 0 Å². The van der Waals surface area contributed by atoms with Crippen LogP contribution in [-0.4, -0.2) is 74.4 Å². The van der Waals surface area contributed by atoms with Gasteiger partial charge in [0.05, 0.1) is 10.5 Å². The van der Waals surface area contributed by atoms with E-state index in [0.29, 0.717) is 19.1 Å². The predicted octanol–water partition coefficient (Wildman–Crippen LogP) is 2.21. The molecule has 1 aromatic carbocycles. The van der Waals surface area contributed by atoms with Crippen LogP contribution in [0.25, 0.3) is 0 Å². The molecular formula is C19H33IN4O2S. The van der Waals surface area contributed by atoms with Crippen LogP contribution in [0.4, 0.5) is 0 Å². The highest BCUT2D eigenvalue weighted by molar-refractivity contribution is 14.0. The van der Waals surface area contributed by atoms with Crippen LogP contribution in [0.5, 0.6) is 0 Å². The maximum absolute atomic E-state index is 12.2. The van der Waals surface area contributed by atoms with Crippen molar-refractivity contribution < 1.29 is 8.42 Å². The summed E-state index contributed by atoms with van der Waals surface area (Å²) >= 11 is 0. The lowest BCUT2D eigenvalue weighted by atomic mass is 10.2. The first-order chi connectivity index (χ1) is 12.2. The van der Waals surface area contributed by atoms with Crippen molar-refractivity contribution in [2.75, 3.05) is 39.5 Å². The van der Waals surface area contributed by atoms with E-state index < -0.39 is 14.6 Å². The third-order valence-electron chi connectivity index (χ3n) is 5.14. The third-order valence-corrected chi connectivity index (χ3v) is 7.67. The largest absolute Gasteiger partial charge is 0.355 e. The summed E-state index contributed by atoms with van der Waals surface area (Å²) in [5.41, 5.74) is 1.29. The molecule has 1 fully saturated rings. The molecule has 1 aromatic rings. The fourth-order valence-electron chi connectivity index (χ4n) is 3.08. The van der Waals surface area contributed by atoms with Crippen LogP contribution >= 0.6 is 24.0 Å². The number of benzene rings is 1. The summed E-state index contributed by atoms with van der Waals surface area (Å²) in [6, 6.07) is 10.7. The first-order valence-electron chi connectivity index (χ1n) is 9.08. The van der Waals surface area contributed by atoms with Gasteiger partial charge in [-0.15, -0.1) is 24.0 Å². The van der Waals surface area contributed by atoms with E-state index in [0.717, 1.165) is 19.0 Å². The van der Waals surface area contributed by atoms with E-state index in [9.17, 15) is 8.42 Å². The monoisotopic (exact) mass is 508 g/mol. The molecule has 1 heterocycles. The maximum atomic E-state index is 12.2. The summed E-state index contributed by atoms with van der Waals surface area (Å²) in [6.45, 7) is 8.34. The summed E-state index contributed by atoms with van der Waals surface area (Å²) in [4.78, 5) is 8.70. The molecule has 1 unspecified atom stereocenters. The molecule has 27 heavy (non-hydrogen) atoms. The Morgan fingerprint density at radius 3 is 2.52 bits per heavy atom. The van der Waals surface area contributed by atoms with Gasteiger partial charge < -0.3 is 10.2 Å². The number of guanidine groups is 1. The molecule has 8 heteroatoms. The average Bonchev–Trinajstić information content (AvgIpc) is 2.59. The van der Waals surface area contributed by atoms with Gasteiger partial charge in [-0.05, 0) is 33.4 Å². The zero-order chi connectivity index (χ0) is 19.4. The predicted molar refractivity (Wildman–Crippen MR) is 124 cm³/mol. The smallest absolute Gasteiger partial charge is 0.193 e. The minimum Gasteiger partial charge on any atom is -0.355 e. The Hall–Kier alpha value is -0.870. The van der Waals surface area contributed by atoms with Gasteiger partial charge >= 0.3 is 0 Å². The molecule has 1 atom stereocenters. The van der Waals surface area contributed by atoms with Gasteiger partial charge in [0.15, 0.2) is 15.8 Å². The molecule has 0 amide bonds. The number of rotatable bonds is 5. The molecule has 2 rings (SSSR count). The van der Waals surface area contributed by atoms with Gasteiger partial charge in [0, 0.05) is 39.3 Å². The number of aliphatic imine (C=N–C) groups is 1. The Kier molecular flexibility index (Phi) is 9.01. The van der Waals surface area contributed by atoms with E-state index >= 15 is 0 Å². The van der Waals surface area contributed by atoms with Crippen molar-refractivity contribution in [3.05, 3.63) is 35.9 Å². The minimum atomic E-state index is -3.05. The third kappa shape index (κ3) is 6.32. The fourth-order valence-corrected chi connectivity index (χ4v) is 4.44. The Balaban J connectivity index is 0.00000364. The number of sulfone groups is 1. The summed E-state index contributed by atoms with van der Waals surface area (Å²) < 4.78 is 23.6. The van der Waals surface area contributed by atoms with Gasteiger partial charge in [-0.2, -0.15) is 0 Å². The fraction of sp³-hybridized carbons (Fsp3) is 0.632. The van der Waals surface area contributed by atoms with Crippen LogP contribution in [0.2, 0.25) is 0 Å². The quantitative estimate of drug-likeness (QED) is 0.376. The molecular weight excluding hydrogens is 475 g/mol. The SMILES string of the molecule is CN=C(NCC(C)N(C)Cc1ccccc1)N1CCS(=O)(=O)C(C)(C)C1.I. The molecule has 0 aliphatic carbocycles. The number of hydrogen-bond acceptors (Lipinski definition) is 4. The highest BCUT2D eigenvalue weighted by Gasteiger charge is 2.40. The topological polar surface area (TPSA) is 65.0 Å². The van der Waals surface area contributed by atoms with Crippen molar-refractivity contribution in [3.63, 3.8) is 0 Å². The number of nitrogens with one attached hydrogen (secondary N) is 1. The lowest BCUT2D eigenvalue weighted by molar-refractivity contribution is 0.246. The van der Waals surface area contributed by atoms with E-state index in [-0.39, 0.29) is 29.7 Å². The summed E-state index contributed by atoms with van der Waals surface area (Å²) in [5, 5.41) is 3.41. The van der Waals surface area contributed by atoms with Crippen LogP contribution in [-0.2, 0) is 16.4 Å². The Morgan fingerprint density at radius 1 is 1.33 bits per heavy atom. The second-order valence-corrected chi connectivity index (χ2v) is 10.4. The molecule has 0 radical (unpaired) electrons. The van der Waals surface area contributed by atoms with E-state index in [1.807, 2.05) is 11.0 Å². The van der Waals surface area contributed by atoms with Gasteiger partial charge in [0.25, 0.3) is 0 Å². The van der Waals surface area contributed by atoms with Gasteiger partial charge in [-0.1, -0.05) is 30.3 Å². The highest BCUT2D eigenvalue weighted by atomic mass is 127. The number of hydrogen-bond donors (Lipinski definition) is 1. The second kappa shape index (κ2) is 10.1. The van der Waals surface area contributed by atoms with E-state index in [2.05, 4.69) is 53.4 Å². The van der Waals surface area contributed by atoms with Crippen LogP contribution in [0.1, 0.15) is 26.3 Å². The molecule has 0 saturated carbocycles. The van der Waals surface area contributed by atoms with Crippen molar-refractivity contribution in [3.8, 4) is 0 Å². The first kappa shape index (κ1) is 24.2. The molecule has 1 aliphatic rings. The normalized spacial score (nSPS) is 20.1. The van der Waals surface area contributed by atoms with Crippen LogP contribution in [0.3, 0.4) is 0 Å². The Morgan fingerprint density at radius 2 is 1.96 bits per heavy atom. The average molecular weight is 508 g/mol. The van der Waals surface area contributed by atoms with E-state index in [4.69, 9.17) is 0 Å². The lowest BCUT2D eigenvalue weighted by Crippen LogP contribution is -2.58. The number of halogens is 1. The second-order valence-electron chi connectivity index (χ2n) is 7.68. The van der Waals surface area contributed by atoms with Crippen LogP contribution < -0.4 is 5.32 Å². The summed E-state index contributed by atoms with van der Waals surface area (Å²) in [7, 11) is 0.809. The van der Waals surface area contributed by atoms with Crippen molar-refractivity contribution in [1.82, 2.24) is 15.1 Å². The van der Waals surface area contributed by atoms with Crippen molar-refractivity contribution in [1.29, 1.82) is 0 Å². The number of nitrogens with zero attached hydrogens (tertiary/aromatic N) is 3. The van der Waals surface area contributed by atoms with Crippen molar-refractivity contribution in [2.24, 2.45) is 4.99 Å². The first-order valence-corrected chi connectivity index (χ1v) is 10.7. The maximum Gasteiger partial charge on any atom is 0.193 e. The molecule has 6 nitrogen and oxygen atoms in total. The van der Waals surface area contributed by atoms with Gasteiger partial charge in [-0.25, -0.2) is 8.42 Å². The molecule has 1 N–H and O–H groups in total. The van der Waals surface area contributed by atoms with Gasteiger partial charge in [-0.3, -0.25) is 9.89 Å². The van der Waals surface area contributed by atoms with Crippen LogP contribution in [0.15, 0.2) is 35.3 Å². The molecule has 154 valence electrons. The highest BCUT2D eigenvalue weighted by Crippen LogP contribution is 2.23. The zero-order valence-corrected chi connectivity index (χ0v) is 20.1. The summed E-state index contributed by atoms with van der Waals surface area (Å²) in [6.07, 6.45) is 0. The standard InChI is InChI=1S/C19H32N4O2S.HI/c1-16(22(5)14-17-9-7-6-8-10-17)13-21-18(20-4)23-11-12-26(24,25)19(2,3)15-23;/h6-10,16H,11-15H2,1-5H3,(H,20,21);1H. The minimum absolute atomic E-state index is 0. The molecule has 0 spiro atoms. The summed E-state index contributed by atoms with van der Waals surface area (Å²) in [5.74, 6) is 0.942. The van der Waals surface area contributed by atoms with Crippen molar-refractivity contribution >= 4 is 39.8 Å². The van der Waals surface area contributed by atoms with Crippen molar-refractivity contribution in [2.45, 2.75) is 38.1 Å². The molecule has 0 bridgehead atoms. The molecule has 1 saturated heterocycles. The lowest BCUT2D eigenvalue weighted by Gasteiger charge is -2.39. The van der Waals surface area contributed by atoms with E-state index in [1.54, 1.807) is 20.9 Å². The zero-order valence-electron chi connectivity index (χ0n) is 17.0. The molecule has 0 aromatic heterocycles. The van der Waals surface area contributed by atoms with Crippen LogP contribution in [0, 0.1) is 0 Å². The Bertz CT molecular complexity index is 722. The number of likely N-dealkylation sites (N-methyl/N-ethyl adjacent to an activating group) is 1. The Labute approximate surface area is 181 Å². The van der Waals surface area contributed by atoms with Gasteiger partial charge in [0.2, 0.25) is 0 Å². The molecule has 1 aliphatic heterocycles.